The fourth-order valence-corrected chi connectivity index (χ4v) is 2.49. The molecule has 0 radical (unpaired) electrons. The monoisotopic (exact) mass is 247 g/mol. The highest BCUT2D eigenvalue weighted by Gasteiger charge is 2.25. The zero-order valence-electron chi connectivity index (χ0n) is 10.0. The second kappa shape index (κ2) is 4.45. The van der Waals surface area contributed by atoms with E-state index < -0.39 is 0 Å². The number of fused-ring (bicyclic) bond motifs is 1. The molecule has 18 heavy (non-hydrogen) atoms. The van der Waals surface area contributed by atoms with Crippen LogP contribution in [0.3, 0.4) is 0 Å². The van der Waals surface area contributed by atoms with Crippen molar-refractivity contribution in [1.29, 1.82) is 0 Å². The van der Waals surface area contributed by atoms with Gasteiger partial charge in [-0.15, -0.1) is 10.2 Å². The van der Waals surface area contributed by atoms with Gasteiger partial charge in [-0.3, -0.25) is 0 Å². The molecule has 5 nitrogen and oxygen atoms in total. The molecular weight excluding hydrogens is 233 g/mol. The summed E-state index contributed by atoms with van der Waals surface area (Å²) in [5.41, 5.74) is 2.26. The van der Waals surface area contributed by atoms with Crippen LogP contribution in [-0.4, -0.2) is 20.6 Å². The van der Waals surface area contributed by atoms with Gasteiger partial charge in [-0.2, -0.15) is 5.21 Å². The Morgan fingerprint density at radius 2 is 2.39 bits per heavy atom. The van der Waals surface area contributed by atoms with Gasteiger partial charge in [0.1, 0.15) is 5.82 Å². The smallest absolute Gasteiger partial charge is 0.191 e. The van der Waals surface area contributed by atoms with E-state index in [2.05, 4.69) is 25.9 Å². The van der Waals surface area contributed by atoms with Gasteiger partial charge in [-0.25, -0.2) is 4.39 Å². The Bertz CT molecular complexity index is 539. The van der Waals surface area contributed by atoms with Crippen molar-refractivity contribution in [2.24, 2.45) is 0 Å². The van der Waals surface area contributed by atoms with Gasteiger partial charge in [-0.1, -0.05) is 11.3 Å². The van der Waals surface area contributed by atoms with Crippen molar-refractivity contribution < 1.29 is 4.39 Å². The SMILES string of the molecule is CC(NC1CCc2cc(F)ccc21)c1nn[nH]n1. The molecular formula is C12H14FN5. The van der Waals surface area contributed by atoms with Crippen LogP contribution in [0.4, 0.5) is 4.39 Å². The summed E-state index contributed by atoms with van der Waals surface area (Å²) in [5, 5.41) is 17.4. The summed E-state index contributed by atoms with van der Waals surface area (Å²) in [4.78, 5) is 0. The zero-order chi connectivity index (χ0) is 12.5. The highest BCUT2D eigenvalue weighted by molar-refractivity contribution is 5.35. The van der Waals surface area contributed by atoms with Gasteiger partial charge in [0, 0.05) is 6.04 Å². The summed E-state index contributed by atoms with van der Waals surface area (Å²) in [6, 6.07) is 5.24. The first-order chi connectivity index (χ1) is 8.74. The van der Waals surface area contributed by atoms with E-state index in [-0.39, 0.29) is 17.9 Å². The van der Waals surface area contributed by atoms with Crippen molar-refractivity contribution in [2.45, 2.75) is 31.8 Å². The summed E-state index contributed by atoms with van der Waals surface area (Å²) in [5.74, 6) is 0.478. The van der Waals surface area contributed by atoms with Crippen LogP contribution in [0.1, 0.15) is 42.4 Å². The average molecular weight is 247 g/mol. The lowest BCUT2D eigenvalue weighted by Gasteiger charge is -2.17. The number of aryl methyl sites for hydroxylation is 1. The largest absolute Gasteiger partial charge is 0.300 e. The number of rotatable bonds is 3. The molecule has 0 saturated carbocycles. The molecule has 3 rings (SSSR count). The number of nitrogens with zero attached hydrogens (tertiary/aromatic N) is 3. The average Bonchev–Trinajstić information content (AvgIpc) is 2.98. The molecule has 2 aromatic rings. The number of tetrazole rings is 1. The second-order valence-corrected chi connectivity index (χ2v) is 4.59. The topological polar surface area (TPSA) is 66.5 Å². The predicted molar refractivity (Wildman–Crippen MR) is 63.2 cm³/mol. The van der Waals surface area contributed by atoms with E-state index in [4.69, 9.17) is 0 Å². The van der Waals surface area contributed by atoms with Crippen LogP contribution in [0.2, 0.25) is 0 Å². The lowest BCUT2D eigenvalue weighted by Crippen LogP contribution is -2.24. The first-order valence-corrected chi connectivity index (χ1v) is 6.02. The van der Waals surface area contributed by atoms with E-state index in [1.165, 1.54) is 11.6 Å². The third-order valence-corrected chi connectivity index (χ3v) is 3.38. The van der Waals surface area contributed by atoms with Crippen LogP contribution in [0.5, 0.6) is 0 Å². The molecule has 0 fully saturated rings. The van der Waals surface area contributed by atoms with Gasteiger partial charge in [0.2, 0.25) is 0 Å². The maximum atomic E-state index is 13.1. The van der Waals surface area contributed by atoms with Gasteiger partial charge < -0.3 is 5.32 Å². The maximum absolute atomic E-state index is 13.1. The molecule has 0 amide bonds. The fourth-order valence-electron chi connectivity index (χ4n) is 2.49. The molecule has 0 aliphatic heterocycles. The van der Waals surface area contributed by atoms with E-state index >= 15 is 0 Å². The minimum atomic E-state index is -0.166. The maximum Gasteiger partial charge on any atom is 0.191 e. The van der Waals surface area contributed by atoms with Gasteiger partial charge in [0.25, 0.3) is 0 Å². The number of hydrogen-bond donors (Lipinski definition) is 2. The normalized spacial score (nSPS) is 19.8. The van der Waals surface area contributed by atoms with Gasteiger partial charge in [-0.05, 0) is 43.0 Å². The lowest BCUT2D eigenvalue weighted by atomic mass is 10.1. The quantitative estimate of drug-likeness (QED) is 0.866. The summed E-state index contributed by atoms with van der Waals surface area (Å²) < 4.78 is 13.1. The van der Waals surface area contributed by atoms with Gasteiger partial charge >= 0.3 is 0 Å². The highest BCUT2D eigenvalue weighted by atomic mass is 19.1. The predicted octanol–water partition coefficient (Wildman–Crippen LogP) is 1.68. The minimum Gasteiger partial charge on any atom is -0.300 e. The van der Waals surface area contributed by atoms with E-state index in [0.717, 1.165) is 18.4 Å². The van der Waals surface area contributed by atoms with Crippen molar-refractivity contribution >= 4 is 0 Å². The Balaban J connectivity index is 1.77. The Labute approximate surface area is 104 Å². The summed E-state index contributed by atoms with van der Waals surface area (Å²) in [6.07, 6.45) is 1.88. The summed E-state index contributed by atoms with van der Waals surface area (Å²) >= 11 is 0. The first-order valence-electron chi connectivity index (χ1n) is 6.02. The highest BCUT2D eigenvalue weighted by Crippen LogP contribution is 2.32. The Hall–Kier alpha value is -1.82. The van der Waals surface area contributed by atoms with Crippen molar-refractivity contribution in [3.05, 3.63) is 41.0 Å². The Kier molecular flexibility index (Phi) is 2.79. The second-order valence-electron chi connectivity index (χ2n) is 4.59. The molecule has 94 valence electrons. The van der Waals surface area contributed by atoms with Crippen LogP contribution in [0, 0.1) is 5.82 Å². The van der Waals surface area contributed by atoms with Crippen LogP contribution < -0.4 is 5.32 Å². The molecule has 6 heteroatoms. The Morgan fingerprint density at radius 1 is 1.50 bits per heavy atom. The molecule has 1 aromatic heterocycles. The summed E-state index contributed by atoms with van der Waals surface area (Å²) in [7, 11) is 0. The van der Waals surface area contributed by atoms with E-state index in [1.54, 1.807) is 6.07 Å². The number of nitrogens with one attached hydrogen (secondary N) is 2. The molecule has 1 aliphatic carbocycles. The third-order valence-electron chi connectivity index (χ3n) is 3.38. The molecule has 2 N–H and O–H groups in total. The molecule has 0 bridgehead atoms. The van der Waals surface area contributed by atoms with E-state index in [0.29, 0.717) is 5.82 Å². The van der Waals surface area contributed by atoms with E-state index in [9.17, 15) is 4.39 Å². The molecule has 2 unspecified atom stereocenters. The standard InChI is InChI=1S/C12H14FN5/c1-7(12-15-17-18-16-12)14-11-5-2-8-6-9(13)3-4-10(8)11/h3-4,6-7,11,14H,2,5H2,1H3,(H,15,16,17,18). The van der Waals surface area contributed by atoms with Gasteiger partial charge in [0.05, 0.1) is 6.04 Å². The van der Waals surface area contributed by atoms with Crippen molar-refractivity contribution in [1.82, 2.24) is 25.9 Å². The first kappa shape index (κ1) is 11.3. The van der Waals surface area contributed by atoms with Crippen LogP contribution in [0.15, 0.2) is 18.2 Å². The third kappa shape index (κ3) is 1.99. The van der Waals surface area contributed by atoms with Crippen LogP contribution in [-0.2, 0) is 6.42 Å². The molecule has 1 heterocycles. The van der Waals surface area contributed by atoms with Gasteiger partial charge in [0.15, 0.2) is 5.82 Å². The van der Waals surface area contributed by atoms with Crippen LogP contribution >= 0.6 is 0 Å². The number of benzene rings is 1. The van der Waals surface area contributed by atoms with Crippen molar-refractivity contribution in [3.63, 3.8) is 0 Å². The molecule has 2 atom stereocenters. The van der Waals surface area contributed by atoms with Crippen molar-refractivity contribution in [3.8, 4) is 0 Å². The van der Waals surface area contributed by atoms with E-state index in [1.807, 2.05) is 13.0 Å². The number of aromatic nitrogens is 4. The lowest BCUT2D eigenvalue weighted by molar-refractivity contribution is 0.450. The number of hydrogen-bond acceptors (Lipinski definition) is 4. The molecule has 0 spiro atoms. The number of halogens is 1. The number of H-pyrrole nitrogens is 1. The molecule has 1 aromatic carbocycles. The van der Waals surface area contributed by atoms with Crippen molar-refractivity contribution in [2.75, 3.05) is 0 Å². The molecule has 1 aliphatic rings. The summed E-state index contributed by atoms with van der Waals surface area (Å²) in [6.45, 7) is 1.99. The minimum absolute atomic E-state index is 0.0183. The Morgan fingerprint density at radius 3 is 3.17 bits per heavy atom. The number of aromatic amines is 1. The van der Waals surface area contributed by atoms with Crippen LogP contribution in [0.25, 0.3) is 0 Å². The molecule has 0 saturated heterocycles. The zero-order valence-corrected chi connectivity index (χ0v) is 10.0. The fraction of sp³-hybridized carbons (Fsp3) is 0.417.